The van der Waals surface area contributed by atoms with Gasteiger partial charge in [0.1, 0.15) is 17.5 Å². The van der Waals surface area contributed by atoms with Gasteiger partial charge in [-0.25, -0.2) is 4.79 Å². The summed E-state index contributed by atoms with van der Waals surface area (Å²) in [6.07, 6.45) is 2.03. The summed E-state index contributed by atoms with van der Waals surface area (Å²) >= 11 is 0. The fourth-order valence-electron chi connectivity index (χ4n) is 4.01. The van der Waals surface area contributed by atoms with Gasteiger partial charge in [0.25, 0.3) is 5.91 Å². The van der Waals surface area contributed by atoms with E-state index in [9.17, 15) is 9.59 Å². The van der Waals surface area contributed by atoms with Crippen LogP contribution >= 0.6 is 0 Å². The summed E-state index contributed by atoms with van der Waals surface area (Å²) in [7, 11) is 4.62. The van der Waals surface area contributed by atoms with E-state index in [-0.39, 0.29) is 11.9 Å². The minimum absolute atomic E-state index is 0.0884. The lowest BCUT2D eigenvalue weighted by atomic mass is 10.0. The number of anilines is 1. The molecule has 1 aliphatic heterocycles. The molecule has 0 saturated carbocycles. The first kappa shape index (κ1) is 21.6. The number of ether oxygens (including phenoxy) is 3. The molecule has 1 aliphatic rings. The minimum atomic E-state index is -0.428. The van der Waals surface area contributed by atoms with Crippen molar-refractivity contribution in [3.63, 3.8) is 0 Å². The number of hydrogen-bond donors (Lipinski definition) is 2. The fourth-order valence-corrected chi connectivity index (χ4v) is 4.01. The molecular formula is C23H29N2O5+. The van der Waals surface area contributed by atoms with Gasteiger partial charge < -0.3 is 24.4 Å². The molecule has 0 radical (unpaired) electrons. The summed E-state index contributed by atoms with van der Waals surface area (Å²) in [6.45, 7) is 3.14. The molecule has 3 rings (SSSR count). The normalized spacial score (nSPS) is 18.0. The van der Waals surface area contributed by atoms with Crippen molar-refractivity contribution in [2.75, 3.05) is 39.7 Å². The molecule has 1 saturated heterocycles. The van der Waals surface area contributed by atoms with E-state index in [0.717, 1.165) is 42.0 Å². The number of nitrogens with one attached hydrogen (secondary N) is 2. The molecule has 7 heteroatoms. The lowest BCUT2D eigenvalue weighted by Gasteiger charge is -2.23. The van der Waals surface area contributed by atoms with E-state index in [1.165, 1.54) is 12.0 Å². The monoisotopic (exact) mass is 413 g/mol. The molecule has 1 heterocycles. The number of aryl methyl sites for hydroxylation is 1. The highest BCUT2D eigenvalue weighted by Crippen LogP contribution is 2.31. The molecule has 2 N–H and O–H groups in total. The first-order valence-electron chi connectivity index (χ1n) is 10.0. The Bertz CT molecular complexity index is 928. The predicted octanol–water partition coefficient (Wildman–Crippen LogP) is 2.16. The highest BCUT2D eigenvalue weighted by atomic mass is 16.5. The highest BCUT2D eigenvalue weighted by molar-refractivity contribution is 5.95. The minimum Gasteiger partial charge on any atom is -0.497 e. The van der Waals surface area contributed by atoms with E-state index in [1.807, 2.05) is 25.1 Å². The van der Waals surface area contributed by atoms with Crippen molar-refractivity contribution in [2.45, 2.75) is 25.8 Å². The summed E-state index contributed by atoms with van der Waals surface area (Å²) < 4.78 is 15.6. The molecule has 0 aromatic heterocycles. The molecular weight excluding hydrogens is 384 g/mol. The van der Waals surface area contributed by atoms with Crippen LogP contribution in [0.4, 0.5) is 5.69 Å². The van der Waals surface area contributed by atoms with E-state index < -0.39 is 5.97 Å². The third-order valence-corrected chi connectivity index (χ3v) is 5.62. The summed E-state index contributed by atoms with van der Waals surface area (Å²) in [6, 6.07) is 11.2. The number of quaternary nitrogens is 1. The lowest BCUT2D eigenvalue weighted by Crippen LogP contribution is -3.11. The Hall–Kier alpha value is -3.06. The predicted molar refractivity (Wildman–Crippen MR) is 113 cm³/mol. The Morgan fingerprint density at radius 1 is 1.10 bits per heavy atom. The number of rotatable bonds is 7. The first-order valence-corrected chi connectivity index (χ1v) is 10.0. The molecule has 2 atom stereocenters. The SMILES string of the molecule is COC(=O)c1ccc(C)c(NC(=O)C[NH+]2CCC[C@@H]2c2ccc(OC)cc2OC)c1. The van der Waals surface area contributed by atoms with E-state index >= 15 is 0 Å². The maximum absolute atomic E-state index is 12.8. The zero-order valence-electron chi connectivity index (χ0n) is 17.9. The molecule has 160 valence electrons. The number of esters is 1. The molecule has 1 unspecified atom stereocenters. The second kappa shape index (κ2) is 9.63. The topological polar surface area (TPSA) is 78.3 Å². The Morgan fingerprint density at radius 3 is 2.60 bits per heavy atom. The van der Waals surface area contributed by atoms with Crippen molar-refractivity contribution in [3.8, 4) is 11.5 Å². The van der Waals surface area contributed by atoms with Crippen LogP contribution in [0, 0.1) is 6.92 Å². The van der Waals surface area contributed by atoms with Crippen molar-refractivity contribution in [1.29, 1.82) is 0 Å². The van der Waals surface area contributed by atoms with E-state index in [1.54, 1.807) is 32.4 Å². The zero-order chi connectivity index (χ0) is 21.7. The van der Waals surface area contributed by atoms with E-state index in [4.69, 9.17) is 14.2 Å². The maximum atomic E-state index is 12.8. The molecule has 2 aromatic rings. The van der Waals surface area contributed by atoms with Crippen LogP contribution in [0.5, 0.6) is 11.5 Å². The number of methoxy groups -OCH3 is 3. The largest absolute Gasteiger partial charge is 0.497 e. The summed E-state index contributed by atoms with van der Waals surface area (Å²) in [5.74, 6) is 1.01. The van der Waals surface area contributed by atoms with Gasteiger partial charge in [0.2, 0.25) is 0 Å². The number of carbonyl (C=O) groups excluding carboxylic acids is 2. The summed E-state index contributed by atoms with van der Waals surface area (Å²) in [5.41, 5.74) is 3.01. The van der Waals surface area contributed by atoms with Crippen molar-refractivity contribution in [1.82, 2.24) is 0 Å². The smallest absolute Gasteiger partial charge is 0.337 e. The number of carbonyl (C=O) groups is 2. The number of amides is 1. The number of benzene rings is 2. The van der Waals surface area contributed by atoms with Crippen molar-refractivity contribution in [3.05, 3.63) is 53.1 Å². The van der Waals surface area contributed by atoms with Gasteiger partial charge in [0.15, 0.2) is 6.54 Å². The van der Waals surface area contributed by atoms with Crippen molar-refractivity contribution in [2.24, 2.45) is 0 Å². The number of hydrogen-bond acceptors (Lipinski definition) is 5. The molecule has 0 aliphatic carbocycles. The van der Waals surface area contributed by atoms with Gasteiger partial charge in [-0.2, -0.15) is 0 Å². The van der Waals surface area contributed by atoms with Crippen LogP contribution in [0.2, 0.25) is 0 Å². The van der Waals surface area contributed by atoms with Gasteiger partial charge >= 0.3 is 5.97 Å². The van der Waals surface area contributed by atoms with Crippen LogP contribution in [0.25, 0.3) is 0 Å². The Labute approximate surface area is 176 Å². The zero-order valence-corrected chi connectivity index (χ0v) is 17.9. The quantitative estimate of drug-likeness (QED) is 0.680. The second-order valence-electron chi connectivity index (χ2n) is 7.46. The lowest BCUT2D eigenvalue weighted by molar-refractivity contribution is -0.910. The molecule has 7 nitrogen and oxygen atoms in total. The van der Waals surface area contributed by atoms with Crippen LogP contribution in [-0.4, -0.2) is 46.3 Å². The Balaban J connectivity index is 1.73. The maximum Gasteiger partial charge on any atom is 0.337 e. The van der Waals surface area contributed by atoms with Crippen LogP contribution in [0.1, 0.15) is 40.4 Å². The fraction of sp³-hybridized carbons (Fsp3) is 0.391. The molecule has 1 fully saturated rings. The van der Waals surface area contributed by atoms with E-state index in [0.29, 0.717) is 17.8 Å². The Kier molecular flexibility index (Phi) is 6.95. The first-order chi connectivity index (χ1) is 14.5. The van der Waals surface area contributed by atoms with Gasteiger partial charge in [-0.3, -0.25) is 4.79 Å². The summed E-state index contributed by atoms with van der Waals surface area (Å²) in [4.78, 5) is 25.8. The van der Waals surface area contributed by atoms with Crippen LogP contribution in [-0.2, 0) is 9.53 Å². The van der Waals surface area contributed by atoms with Gasteiger partial charge in [0, 0.05) is 24.6 Å². The molecule has 30 heavy (non-hydrogen) atoms. The average molecular weight is 413 g/mol. The molecule has 0 bridgehead atoms. The molecule has 2 aromatic carbocycles. The number of likely N-dealkylation sites (tertiary alicyclic amines) is 1. The van der Waals surface area contributed by atoms with Crippen molar-refractivity contribution < 1.29 is 28.7 Å². The molecule has 0 spiro atoms. The average Bonchev–Trinajstić information content (AvgIpc) is 3.21. The van der Waals surface area contributed by atoms with Crippen LogP contribution in [0.3, 0.4) is 0 Å². The third kappa shape index (κ3) is 4.74. The van der Waals surface area contributed by atoms with Crippen LogP contribution in [0.15, 0.2) is 36.4 Å². The third-order valence-electron chi connectivity index (χ3n) is 5.62. The van der Waals surface area contributed by atoms with Gasteiger partial charge in [0.05, 0.1) is 39.0 Å². The van der Waals surface area contributed by atoms with Crippen LogP contribution < -0.4 is 19.7 Å². The second-order valence-corrected chi connectivity index (χ2v) is 7.46. The summed E-state index contributed by atoms with van der Waals surface area (Å²) in [5, 5.41) is 2.96. The van der Waals surface area contributed by atoms with E-state index in [2.05, 4.69) is 5.32 Å². The van der Waals surface area contributed by atoms with Gasteiger partial charge in [-0.1, -0.05) is 6.07 Å². The van der Waals surface area contributed by atoms with Gasteiger partial charge in [-0.05, 0) is 36.8 Å². The van der Waals surface area contributed by atoms with Gasteiger partial charge in [-0.15, -0.1) is 0 Å². The highest BCUT2D eigenvalue weighted by Gasteiger charge is 2.33. The Morgan fingerprint density at radius 2 is 1.90 bits per heavy atom. The van der Waals surface area contributed by atoms with Crippen molar-refractivity contribution >= 4 is 17.6 Å². The molecule has 1 amide bonds. The standard InChI is InChI=1S/C23H28N2O5/c1-15-7-8-16(23(27)30-4)12-19(15)24-22(26)14-25-11-5-6-20(25)18-10-9-17(28-2)13-21(18)29-3/h7-10,12-13,20H,5-6,11,14H2,1-4H3,(H,24,26)/p+1/t20-/m1/s1.